The number of hydrogen-bond acceptors (Lipinski definition) is 2. The van der Waals surface area contributed by atoms with Crippen LogP contribution in [0.5, 0.6) is 0 Å². The first-order chi connectivity index (χ1) is 11.2. The van der Waals surface area contributed by atoms with Gasteiger partial charge in [0.25, 0.3) is 0 Å². The lowest BCUT2D eigenvalue weighted by molar-refractivity contribution is -0.132. The number of likely N-dealkylation sites (tertiary alicyclic amines) is 1. The lowest BCUT2D eigenvalue weighted by atomic mass is 9.95. The summed E-state index contributed by atoms with van der Waals surface area (Å²) >= 11 is 5.95. The van der Waals surface area contributed by atoms with Gasteiger partial charge in [0.15, 0.2) is 0 Å². The predicted octanol–water partition coefficient (Wildman–Crippen LogP) is 3.13. The van der Waals surface area contributed by atoms with Crippen molar-refractivity contribution >= 4 is 23.4 Å². The van der Waals surface area contributed by atoms with Crippen molar-refractivity contribution < 1.29 is 9.59 Å². The van der Waals surface area contributed by atoms with Gasteiger partial charge >= 0.3 is 0 Å². The van der Waals surface area contributed by atoms with Crippen LogP contribution in [0.15, 0.2) is 24.3 Å². The summed E-state index contributed by atoms with van der Waals surface area (Å²) in [5, 5.41) is 3.81. The zero-order chi connectivity index (χ0) is 17.5. The van der Waals surface area contributed by atoms with Crippen molar-refractivity contribution in [2.24, 2.45) is 5.92 Å². The van der Waals surface area contributed by atoms with Gasteiger partial charge in [0, 0.05) is 35.5 Å². The highest BCUT2D eigenvalue weighted by molar-refractivity contribution is 6.30. The molecule has 24 heavy (non-hydrogen) atoms. The van der Waals surface area contributed by atoms with Gasteiger partial charge in [-0.05, 0) is 51.3 Å². The summed E-state index contributed by atoms with van der Waals surface area (Å²) in [6.45, 7) is 7.16. The van der Waals surface area contributed by atoms with Gasteiger partial charge < -0.3 is 10.2 Å². The quantitative estimate of drug-likeness (QED) is 0.908. The highest BCUT2D eigenvalue weighted by Gasteiger charge is 2.45. The van der Waals surface area contributed by atoms with Gasteiger partial charge in [0.2, 0.25) is 11.8 Å². The normalized spacial score (nSPS) is 22.6. The molecule has 3 rings (SSSR count). The lowest BCUT2D eigenvalue weighted by Gasteiger charge is -2.32. The summed E-state index contributed by atoms with van der Waals surface area (Å²) in [6.07, 6.45) is 2.47. The third-order valence-corrected chi connectivity index (χ3v) is 5.47. The van der Waals surface area contributed by atoms with Crippen molar-refractivity contribution in [1.29, 1.82) is 0 Å². The molecule has 1 saturated heterocycles. The van der Waals surface area contributed by atoms with Crippen LogP contribution in [0.4, 0.5) is 0 Å². The summed E-state index contributed by atoms with van der Waals surface area (Å²) < 4.78 is 0. The molecule has 130 valence electrons. The fourth-order valence-electron chi connectivity index (χ4n) is 3.45. The van der Waals surface area contributed by atoms with Gasteiger partial charge in [0.1, 0.15) is 0 Å². The SMILES string of the molecule is CC(C)(C)N1C[C@H](C(=O)NCC2(c3ccc(Cl)cc3)CC2)CC1=O. The van der Waals surface area contributed by atoms with Crippen molar-refractivity contribution in [2.75, 3.05) is 13.1 Å². The van der Waals surface area contributed by atoms with Gasteiger partial charge in [-0.15, -0.1) is 0 Å². The topological polar surface area (TPSA) is 49.4 Å². The zero-order valence-electron chi connectivity index (χ0n) is 14.6. The predicted molar refractivity (Wildman–Crippen MR) is 94.9 cm³/mol. The first-order valence-electron chi connectivity index (χ1n) is 8.55. The van der Waals surface area contributed by atoms with E-state index in [0.29, 0.717) is 19.5 Å². The monoisotopic (exact) mass is 348 g/mol. The number of halogens is 1. The Hall–Kier alpha value is -1.55. The molecule has 5 heteroatoms. The number of nitrogens with one attached hydrogen (secondary N) is 1. The fraction of sp³-hybridized carbons (Fsp3) is 0.579. The third kappa shape index (κ3) is 3.44. The maximum atomic E-state index is 12.5. The molecule has 2 aliphatic rings. The van der Waals surface area contributed by atoms with Crippen LogP contribution in [-0.2, 0) is 15.0 Å². The molecule has 1 aromatic rings. The number of nitrogens with zero attached hydrogens (tertiary/aromatic N) is 1. The maximum Gasteiger partial charge on any atom is 0.225 e. The molecule has 0 aromatic heterocycles. The van der Waals surface area contributed by atoms with E-state index in [1.54, 1.807) is 0 Å². The Morgan fingerprint density at radius 3 is 2.42 bits per heavy atom. The molecule has 1 aliphatic carbocycles. The summed E-state index contributed by atoms with van der Waals surface area (Å²) in [7, 11) is 0. The van der Waals surface area contributed by atoms with Crippen molar-refractivity contribution in [3.8, 4) is 0 Å². The van der Waals surface area contributed by atoms with Crippen LogP contribution in [0.25, 0.3) is 0 Å². The molecule has 2 amide bonds. The molecule has 0 radical (unpaired) electrons. The minimum atomic E-state index is -0.238. The van der Waals surface area contributed by atoms with Crippen LogP contribution >= 0.6 is 11.6 Å². The minimum absolute atomic E-state index is 0.00432. The maximum absolute atomic E-state index is 12.5. The average molecular weight is 349 g/mol. The van der Waals surface area contributed by atoms with Gasteiger partial charge in [-0.2, -0.15) is 0 Å². The van der Waals surface area contributed by atoms with Gasteiger partial charge in [0.05, 0.1) is 5.92 Å². The molecular formula is C19H25ClN2O2. The van der Waals surface area contributed by atoms with E-state index in [9.17, 15) is 9.59 Å². The number of hydrogen-bond donors (Lipinski definition) is 1. The molecule has 4 nitrogen and oxygen atoms in total. The van der Waals surface area contributed by atoms with E-state index in [2.05, 4.69) is 5.32 Å². The molecule has 1 heterocycles. The Bertz CT molecular complexity index is 644. The van der Waals surface area contributed by atoms with Crippen LogP contribution < -0.4 is 5.32 Å². The largest absolute Gasteiger partial charge is 0.355 e. The lowest BCUT2D eigenvalue weighted by Crippen LogP contribution is -2.43. The molecule has 1 N–H and O–H groups in total. The Kier molecular flexibility index (Phi) is 4.37. The van der Waals surface area contributed by atoms with Crippen LogP contribution in [0.1, 0.15) is 45.6 Å². The molecule has 0 spiro atoms. The molecule has 1 aliphatic heterocycles. The van der Waals surface area contributed by atoms with Crippen LogP contribution in [-0.4, -0.2) is 35.3 Å². The van der Waals surface area contributed by atoms with Crippen molar-refractivity contribution in [2.45, 2.75) is 51.0 Å². The minimum Gasteiger partial charge on any atom is -0.355 e. The molecule has 0 unspecified atom stereocenters. The fourth-order valence-corrected chi connectivity index (χ4v) is 3.58. The smallest absolute Gasteiger partial charge is 0.225 e. The van der Waals surface area contributed by atoms with E-state index >= 15 is 0 Å². The van der Waals surface area contributed by atoms with E-state index in [1.165, 1.54) is 5.56 Å². The van der Waals surface area contributed by atoms with Gasteiger partial charge in [-0.25, -0.2) is 0 Å². The number of amides is 2. The summed E-state index contributed by atoms with van der Waals surface area (Å²) in [5.74, 6) is -0.172. The van der Waals surface area contributed by atoms with E-state index < -0.39 is 0 Å². The number of carbonyl (C=O) groups is 2. The second-order valence-electron chi connectivity index (χ2n) is 8.08. The van der Waals surface area contributed by atoms with E-state index in [0.717, 1.165) is 17.9 Å². The van der Waals surface area contributed by atoms with Gasteiger partial charge in [-0.3, -0.25) is 9.59 Å². The van der Waals surface area contributed by atoms with E-state index in [-0.39, 0.29) is 28.7 Å². The number of rotatable bonds is 4. The van der Waals surface area contributed by atoms with Crippen LogP contribution in [0, 0.1) is 5.92 Å². The average Bonchev–Trinajstić information content (AvgIpc) is 3.19. The standard InChI is InChI=1S/C19H25ClN2O2/c1-18(2,3)22-11-13(10-16(22)23)17(24)21-12-19(8-9-19)14-4-6-15(20)7-5-14/h4-7,13H,8-12H2,1-3H3,(H,21,24)/t13-/m1/s1. The first kappa shape index (κ1) is 17.3. The molecule has 1 atom stereocenters. The molecule has 1 aromatic carbocycles. The summed E-state index contributed by atoms with van der Waals surface area (Å²) in [4.78, 5) is 26.5. The van der Waals surface area contributed by atoms with E-state index in [1.807, 2.05) is 49.9 Å². The molecular weight excluding hydrogens is 324 g/mol. The Morgan fingerprint density at radius 2 is 1.92 bits per heavy atom. The first-order valence-corrected chi connectivity index (χ1v) is 8.93. The van der Waals surface area contributed by atoms with E-state index in [4.69, 9.17) is 11.6 Å². The second kappa shape index (κ2) is 6.07. The molecule has 2 fully saturated rings. The molecule has 1 saturated carbocycles. The Balaban J connectivity index is 1.58. The second-order valence-corrected chi connectivity index (χ2v) is 8.52. The van der Waals surface area contributed by atoms with Crippen molar-refractivity contribution in [3.63, 3.8) is 0 Å². The van der Waals surface area contributed by atoms with Gasteiger partial charge in [-0.1, -0.05) is 23.7 Å². The van der Waals surface area contributed by atoms with Crippen LogP contribution in [0.2, 0.25) is 5.02 Å². The molecule has 0 bridgehead atoms. The van der Waals surface area contributed by atoms with Crippen molar-refractivity contribution in [1.82, 2.24) is 10.2 Å². The Labute approximate surface area is 148 Å². The summed E-state index contributed by atoms with van der Waals surface area (Å²) in [5.41, 5.74) is 1.05. The number of benzene rings is 1. The van der Waals surface area contributed by atoms with Crippen LogP contribution in [0.3, 0.4) is 0 Å². The highest BCUT2D eigenvalue weighted by atomic mass is 35.5. The Morgan fingerprint density at radius 1 is 1.29 bits per heavy atom. The number of carbonyl (C=O) groups excluding carboxylic acids is 2. The highest BCUT2D eigenvalue weighted by Crippen LogP contribution is 2.47. The summed E-state index contributed by atoms with van der Waals surface area (Å²) in [6, 6.07) is 7.88. The van der Waals surface area contributed by atoms with Crippen molar-refractivity contribution in [3.05, 3.63) is 34.9 Å². The zero-order valence-corrected chi connectivity index (χ0v) is 15.3. The third-order valence-electron chi connectivity index (χ3n) is 5.22.